The number of nitrogens with zero attached hydrogens (tertiary/aromatic N) is 7. The summed E-state index contributed by atoms with van der Waals surface area (Å²) in [5.74, 6) is -0.715. The number of benzene rings is 2. The number of hydrazone groups is 1. The molecule has 3 N–H and O–H groups in total. The molecule has 0 spiro atoms. The Hall–Kier alpha value is -4.94. The van der Waals surface area contributed by atoms with Crippen LogP contribution in [-0.4, -0.2) is 41.8 Å². The maximum Gasteiger partial charge on any atom is 0.292 e. The lowest BCUT2D eigenvalue weighted by molar-refractivity contribution is -0.384. The Morgan fingerprint density at radius 2 is 1.88 bits per heavy atom. The van der Waals surface area contributed by atoms with Crippen LogP contribution in [0.15, 0.2) is 64.3 Å². The normalized spacial score (nSPS) is 11.3. The number of hydrogen-bond donors (Lipinski definition) is 2. The van der Waals surface area contributed by atoms with Crippen LogP contribution >= 0.6 is 0 Å². The van der Waals surface area contributed by atoms with Gasteiger partial charge in [-0.3, -0.25) is 14.9 Å². The van der Waals surface area contributed by atoms with Crippen LogP contribution in [0.5, 0.6) is 0 Å². The van der Waals surface area contributed by atoms with Crippen molar-refractivity contribution in [2.75, 3.05) is 5.73 Å². The van der Waals surface area contributed by atoms with Gasteiger partial charge in [0.1, 0.15) is 5.69 Å². The number of rotatable bonds is 6. The first-order valence-electron chi connectivity index (χ1n) is 9.14. The quantitative estimate of drug-likeness (QED) is 0.261. The third-order valence-electron chi connectivity index (χ3n) is 4.45. The lowest BCUT2D eigenvalue weighted by Crippen LogP contribution is -2.23. The molecule has 0 aliphatic carbocycles. The number of aromatic nitrogens is 5. The number of nitro benzene ring substituents is 1. The predicted molar refractivity (Wildman–Crippen MR) is 112 cm³/mol. The molecule has 13 nitrogen and oxygen atoms in total. The highest BCUT2D eigenvalue weighted by molar-refractivity contribution is 6.02. The van der Waals surface area contributed by atoms with Crippen molar-refractivity contribution in [1.82, 2.24) is 30.7 Å². The van der Waals surface area contributed by atoms with E-state index in [2.05, 4.69) is 35.8 Å². The number of non-ortho nitro benzene ring substituents is 1. The van der Waals surface area contributed by atoms with Gasteiger partial charge in [-0.25, -0.2) is 10.1 Å². The molecular formula is C19H15N9O4. The summed E-state index contributed by atoms with van der Waals surface area (Å²) in [4.78, 5) is 23.4. The van der Waals surface area contributed by atoms with Gasteiger partial charge in [-0.15, -0.1) is 5.10 Å². The van der Waals surface area contributed by atoms with Crippen molar-refractivity contribution in [1.29, 1.82) is 0 Å². The average Bonchev–Trinajstić information content (AvgIpc) is 3.43. The lowest BCUT2D eigenvalue weighted by atomic mass is 10.1. The van der Waals surface area contributed by atoms with E-state index >= 15 is 0 Å². The van der Waals surface area contributed by atoms with Gasteiger partial charge in [0.05, 0.1) is 10.6 Å². The van der Waals surface area contributed by atoms with Gasteiger partial charge in [-0.1, -0.05) is 35.5 Å². The maximum absolute atomic E-state index is 13.1. The van der Waals surface area contributed by atoms with E-state index in [9.17, 15) is 14.9 Å². The second-order valence-electron chi connectivity index (χ2n) is 6.48. The Bertz CT molecular complexity index is 1310. The Labute approximate surface area is 179 Å². The summed E-state index contributed by atoms with van der Waals surface area (Å²) < 4.78 is 5.72. The van der Waals surface area contributed by atoms with E-state index in [0.29, 0.717) is 16.8 Å². The SMILES string of the molecule is CC(=NNC(=O)c1c(-c2ccccc2)nnn1-c1nonc1N)c1ccc([N+](=O)[O-])cc1. The third-order valence-corrected chi connectivity index (χ3v) is 4.45. The van der Waals surface area contributed by atoms with E-state index in [0.717, 1.165) is 4.68 Å². The minimum atomic E-state index is -0.641. The molecular weight excluding hydrogens is 418 g/mol. The third kappa shape index (κ3) is 3.89. The van der Waals surface area contributed by atoms with E-state index in [4.69, 9.17) is 5.73 Å². The van der Waals surface area contributed by atoms with Crippen molar-refractivity contribution in [2.24, 2.45) is 5.10 Å². The van der Waals surface area contributed by atoms with Crippen LogP contribution in [0.1, 0.15) is 23.0 Å². The monoisotopic (exact) mass is 433 g/mol. The molecule has 0 bridgehead atoms. The minimum Gasteiger partial charge on any atom is -0.378 e. The summed E-state index contributed by atoms with van der Waals surface area (Å²) in [6.07, 6.45) is 0. The first kappa shape index (κ1) is 20.3. The van der Waals surface area contributed by atoms with Crippen molar-refractivity contribution in [3.8, 4) is 17.1 Å². The molecule has 1 amide bonds. The molecule has 0 radical (unpaired) electrons. The fourth-order valence-electron chi connectivity index (χ4n) is 2.84. The average molecular weight is 433 g/mol. The number of anilines is 1. The fraction of sp³-hybridized carbons (Fsp3) is 0.0526. The van der Waals surface area contributed by atoms with Gasteiger partial charge in [-0.05, 0) is 34.9 Å². The molecule has 2 aromatic heterocycles. The van der Waals surface area contributed by atoms with E-state index in [1.807, 2.05) is 6.07 Å². The summed E-state index contributed by atoms with van der Waals surface area (Å²) >= 11 is 0. The van der Waals surface area contributed by atoms with Crippen molar-refractivity contribution < 1.29 is 14.3 Å². The molecule has 32 heavy (non-hydrogen) atoms. The number of nitrogens with two attached hydrogens (primary N) is 1. The first-order valence-corrected chi connectivity index (χ1v) is 9.14. The second kappa shape index (κ2) is 8.43. The number of nitro groups is 1. The van der Waals surface area contributed by atoms with E-state index in [1.54, 1.807) is 31.2 Å². The van der Waals surface area contributed by atoms with Gasteiger partial charge < -0.3 is 5.73 Å². The molecule has 0 saturated heterocycles. The zero-order valence-corrected chi connectivity index (χ0v) is 16.5. The summed E-state index contributed by atoms with van der Waals surface area (Å²) in [5.41, 5.74) is 10.1. The van der Waals surface area contributed by atoms with Gasteiger partial charge in [0.25, 0.3) is 11.6 Å². The van der Waals surface area contributed by atoms with Crippen molar-refractivity contribution in [2.45, 2.75) is 6.92 Å². The number of carbonyl (C=O) groups is 1. The minimum absolute atomic E-state index is 0.000835. The number of hydrogen-bond acceptors (Lipinski definition) is 10. The molecule has 0 aliphatic rings. The molecule has 0 aliphatic heterocycles. The van der Waals surface area contributed by atoms with E-state index in [-0.39, 0.29) is 28.7 Å². The molecule has 160 valence electrons. The molecule has 0 atom stereocenters. The van der Waals surface area contributed by atoms with E-state index in [1.165, 1.54) is 24.3 Å². The molecule has 0 fully saturated rings. The maximum atomic E-state index is 13.1. The smallest absolute Gasteiger partial charge is 0.292 e. The van der Waals surface area contributed by atoms with Gasteiger partial charge in [-0.2, -0.15) is 9.78 Å². The zero-order valence-electron chi connectivity index (χ0n) is 16.5. The van der Waals surface area contributed by atoms with Crippen LogP contribution in [-0.2, 0) is 0 Å². The van der Waals surface area contributed by atoms with Crippen LogP contribution < -0.4 is 11.2 Å². The molecule has 13 heteroatoms. The largest absolute Gasteiger partial charge is 0.378 e. The molecule has 4 rings (SSSR count). The number of carbonyl (C=O) groups excluding carboxylic acids is 1. The summed E-state index contributed by atoms with van der Waals surface area (Å²) in [5, 5.41) is 30.2. The van der Waals surface area contributed by atoms with Crippen molar-refractivity contribution in [3.05, 3.63) is 76.0 Å². The molecule has 0 saturated carbocycles. The molecule has 4 aromatic rings. The van der Waals surface area contributed by atoms with Gasteiger partial charge in [0.2, 0.25) is 11.6 Å². The van der Waals surface area contributed by atoms with Crippen molar-refractivity contribution >= 4 is 23.1 Å². The highest BCUT2D eigenvalue weighted by Crippen LogP contribution is 2.24. The van der Waals surface area contributed by atoms with E-state index < -0.39 is 10.8 Å². The second-order valence-corrected chi connectivity index (χ2v) is 6.48. The highest BCUT2D eigenvalue weighted by atomic mass is 16.6. The van der Waals surface area contributed by atoms with Crippen LogP contribution in [0.2, 0.25) is 0 Å². The van der Waals surface area contributed by atoms with Gasteiger partial charge >= 0.3 is 0 Å². The number of amides is 1. The van der Waals surface area contributed by atoms with Crippen LogP contribution in [0.25, 0.3) is 17.1 Å². The van der Waals surface area contributed by atoms with Crippen LogP contribution in [0, 0.1) is 10.1 Å². The fourth-order valence-corrected chi connectivity index (χ4v) is 2.84. The predicted octanol–water partition coefficient (Wildman–Crippen LogP) is 1.96. The lowest BCUT2D eigenvalue weighted by Gasteiger charge is -2.06. The zero-order chi connectivity index (χ0) is 22.7. The molecule has 2 aromatic carbocycles. The summed E-state index contributed by atoms with van der Waals surface area (Å²) in [6.45, 7) is 1.65. The number of nitrogen functional groups attached to an aromatic ring is 1. The molecule has 2 heterocycles. The Morgan fingerprint density at radius 3 is 2.50 bits per heavy atom. The van der Waals surface area contributed by atoms with Gasteiger partial charge in [0.15, 0.2) is 5.69 Å². The Balaban J connectivity index is 1.68. The summed E-state index contributed by atoms with van der Waals surface area (Å²) in [6, 6.07) is 14.7. The first-order chi connectivity index (χ1) is 15.5. The van der Waals surface area contributed by atoms with Crippen molar-refractivity contribution in [3.63, 3.8) is 0 Å². The standard InChI is InChI=1S/C19H15N9O4/c1-11(12-7-9-14(10-8-12)28(30)31)21-23-19(29)16-15(13-5-3-2-4-6-13)22-26-27(16)18-17(20)24-32-25-18/h2-10H,1H3,(H2,20,24)(H,23,29). The molecule has 0 unspecified atom stereocenters. The Kier molecular flexibility index (Phi) is 5.36. The highest BCUT2D eigenvalue weighted by Gasteiger charge is 2.26. The van der Waals surface area contributed by atoms with Crippen LogP contribution in [0.4, 0.5) is 11.5 Å². The summed E-state index contributed by atoms with van der Waals surface area (Å²) in [7, 11) is 0. The van der Waals surface area contributed by atoms with Crippen LogP contribution in [0.3, 0.4) is 0 Å². The van der Waals surface area contributed by atoms with Gasteiger partial charge in [0, 0.05) is 17.7 Å². The Morgan fingerprint density at radius 1 is 1.16 bits per heavy atom. The topological polar surface area (TPSA) is 180 Å². The number of nitrogens with one attached hydrogen (secondary N) is 1.